The van der Waals surface area contributed by atoms with Gasteiger partial charge < -0.3 is 9.05 Å². The molecule has 0 atom stereocenters. The van der Waals surface area contributed by atoms with Crippen LogP contribution in [0.5, 0.6) is 0 Å². The van der Waals surface area contributed by atoms with Crippen molar-refractivity contribution in [2.24, 2.45) is 0 Å². The van der Waals surface area contributed by atoms with Gasteiger partial charge in [0.15, 0.2) is 3.94 Å². The smallest absolute Gasteiger partial charge is 0.305 e. The molecule has 0 unspecified atom stereocenters. The van der Waals surface area contributed by atoms with Gasteiger partial charge in [0, 0.05) is 0 Å². The molecule has 3 nitrogen and oxygen atoms in total. The fourth-order valence-electron chi connectivity index (χ4n) is 3.36. The van der Waals surface area contributed by atoms with Crippen LogP contribution in [0.2, 0.25) is 0 Å². The standard InChI is InChI=1S/C24H25O3PS2/c1-3-26-28(25,27-4-2)23(29)30-24(20-14-8-5-9-15-20,21-16-10-6-11-17-21)22-18-12-7-13-19-22/h5-19H,3-4H2,1-2H3. The van der Waals surface area contributed by atoms with Crippen LogP contribution in [0.15, 0.2) is 91.0 Å². The lowest BCUT2D eigenvalue weighted by atomic mass is 9.84. The van der Waals surface area contributed by atoms with E-state index in [0.717, 1.165) is 16.7 Å². The van der Waals surface area contributed by atoms with Crippen LogP contribution < -0.4 is 0 Å². The van der Waals surface area contributed by atoms with Crippen LogP contribution in [0.25, 0.3) is 0 Å². The lowest BCUT2D eigenvalue weighted by molar-refractivity contribution is 0.233. The number of benzene rings is 3. The highest BCUT2D eigenvalue weighted by Gasteiger charge is 2.43. The summed E-state index contributed by atoms with van der Waals surface area (Å²) in [5.41, 5.74) is 3.11. The van der Waals surface area contributed by atoms with E-state index in [-0.39, 0.29) is 17.2 Å². The Bertz CT molecular complexity index is 888. The quantitative estimate of drug-likeness (QED) is 0.192. The van der Waals surface area contributed by atoms with Crippen LogP contribution in [-0.2, 0) is 18.4 Å². The predicted molar refractivity (Wildman–Crippen MR) is 130 cm³/mol. The van der Waals surface area contributed by atoms with Gasteiger partial charge in [-0.2, -0.15) is 0 Å². The molecule has 0 aliphatic heterocycles. The van der Waals surface area contributed by atoms with Crippen molar-refractivity contribution in [2.75, 3.05) is 13.2 Å². The van der Waals surface area contributed by atoms with E-state index in [1.807, 2.05) is 54.6 Å². The van der Waals surface area contributed by atoms with E-state index in [4.69, 9.17) is 21.3 Å². The van der Waals surface area contributed by atoms with Crippen molar-refractivity contribution in [3.63, 3.8) is 0 Å². The van der Waals surface area contributed by atoms with Crippen molar-refractivity contribution in [3.8, 4) is 0 Å². The Labute approximate surface area is 188 Å². The highest BCUT2D eigenvalue weighted by atomic mass is 32.2. The third-order valence-corrected chi connectivity index (χ3v) is 9.30. The summed E-state index contributed by atoms with van der Waals surface area (Å²) < 4.78 is 24.1. The lowest BCUT2D eigenvalue weighted by Gasteiger charge is -2.36. The molecule has 3 rings (SSSR count). The first kappa shape index (κ1) is 22.9. The number of rotatable bonds is 9. The van der Waals surface area contributed by atoms with Crippen molar-refractivity contribution in [3.05, 3.63) is 108 Å². The first-order valence-corrected chi connectivity index (χ1v) is 12.6. The van der Waals surface area contributed by atoms with Gasteiger partial charge in [0.05, 0.1) is 18.0 Å². The largest absolute Gasteiger partial charge is 0.378 e. The molecule has 0 radical (unpaired) electrons. The summed E-state index contributed by atoms with van der Waals surface area (Å²) in [5.74, 6) is 0. The van der Waals surface area contributed by atoms with E-state index in [1.165, 1.54) is 11.8 Å². The van der Waals surface area contributed by atoms with Gasteiger partial charge in [-0.05, 0) is 30.5 Å². The first-order valence-electron chi connectivity index (χ1n) is 9.86. The summed E-state index contributed by atoms with van der Waals surface area (Å²) in [7, 11) is -3.57. The number of thiocarbonyl (C=S) groups is 1. The average molecular weight is 457 g/mol. The van der Waals surface area contributed by atoms with Gasteiger partial charge in [0.1, 0.15) is 0 Å². The fourth-order valence-corrected chi connectivity index (χ4v) is 7.22. The van der Waals surface area contributed by atoms with Crippen molar-refractivity contribution in [1.82, 2.24) is 0 Å². The first-order chi connectivity index (χ1) is 14.6. The van der Waals surface area contributed by atoms with E-state index in [1.54, 1.807) is 13.8 Å². The molecule has 0 spiro atoms. The molecule has 0 bridgehead atoms. The summed E-state index contributed by atoms with van der Waals surface area (Å²) in [5, 5.41) is 0. The minimum absolute atomic E-state index is 0.225. The van der Waals surface area contributed by atoms with Gasteiger partial charge in [0.25, 0.3) is 0 Å². The second kappa shape index (κ2) is 10.5. The zero-order valence-corrected chi connectivity index (χ0v) is 19.6. The van der Waals surface area contributed by atoms with Crippen LogP contribution in [0, 0.1) is 0 Å². The van der Waals surface area contributed by atoms with E-state index in [9.17, 15) is 4.57 Å². The van der Waals surface area contributed by atoms with Crippen LogP contribution in [-0.4, -0.2) is 17.2 Å². The molecule has 30 heavy (non-hydrogen) atoms. The van der Waals surface area contributed by atoms with Gasteiger partial charge >= 0.3 is 7.60 Å². The highest BCUT2D eigenvalue weighted by Crippen LogP contribution is 2.60. The molecule has 0 saturated heterocycles. The number of hydrogen-bond acceptors (Lipinski definition) is 5. The lowest BCUT2D eigenvalue weighted by Crippen LogP contribution is -2.27. The predicted octanol–water partition coefficient (Wildman–Crippen LogP) is 7.26. The molecule has 6 heteroatoms. The summed E-state index contributed by atoms with van der Waals surface area (Å²) in [4.78, 5) is 0. The summed E-state index contributed by atoms with van der Waals surface area (Å²) in [6.07, 6.45) is 0. The topological polar surface area (TPSA) is 35.5 Å². The zero-order chi connectivity index (χ0) is 21.5. The Morgan fingerprint density at radius 3 is 1.40 bits per heavy atom. The minimum atomic E-state index is -3.57. The molecule has 0 N–H and O–H groups in total. The fraction of sp³-hybridized carbons (Fsp3) is 0.208. The molecule has 0 aliphatic rings. The molecular formula is C24H25O3PS2. The Kier molecular flexibility index (Phi) is 8.04. The van der Waals surface area contributed by atoms with E-state index in [0.29, 0.717) is 0 Å². The maximum atomic E-state index is 13.5. The van der Waals surface area contributed by atoms with Crippen molar-refractivity contribution in [2.45, 2.75) is 18.6 Å². The molecular weight excluding hydrogens is 431 g/mol. The maximum absolute atomic E-state index is 13.5. The van der Waals surface area contributed by atoms with Crippen molar-refractivity contribution >= 4 is 35.5 Å². The molecule has 0 amide bonds. The van der Waals surface area contributed by atoms with Gasteiger partial charge in [-0.25, -0.2) is 0 Å². The normalized spacial score (nSPS) is 11.9. The maximum Gasteiger partial charge on any atom is 0.378 e. The van der Waals surface area contributed by atoms with E-state index < -0.39 is 12.3 Å². The summed E-state index contributed by atoms with van der Waals surface area (Å²) in [6, 6.07) is 30.4. The third kappa shape index (κ3) is 4.77. The van der Waals surface area contributed by atoms with Crippen molar-refractivity contribution < 1.29 is 13.6 Å². The van der Waals surface area contributed by atoms with Crippen molar-refractivity contribution in [1.29, 1.82) is 0 Å². The highest BCUT2D eigenvalue weighted by molar-refractivity contribution is 8.36. The Morgan fingerprint density at radius 2 is 1.10 bits per heavy atom. The second-order valence-corrected chi connectivity index (χ2v) is 10.9. The monoisotopic (exact) mass is 456 g/mol. The zero-order valence-electron chi connectivity index (χ0n) is 17.1. The number of thioether (sulfide) groups is 1. The third-order valence-electron chi connectivity index (χ3n) is 4.60. The minimum Gasteiger partial charge on any atom is -0.305 e. The van der Waals surface area contributed by atoms with Crippen LogP contribution >= 0.6 is 31.6 Å². The second-order valence-electron chi connectivity index (χ2n) is 6.48. The molecule has 0 saturated carbocycles. The van der Waals surface area contributed by atoms with Gasteiger partial charge in [-0.15, -0.1) is 0 Å². The van der Waals surface area contributed by atoms with Crippen LogP contribution in [0.4, 0.5) is 0 Å². The molecule has 0 aliphatic carbocycles. The Hall–Kier alpha value is -1.75. The molecule has 0 aromatic heterocycles. The van der Waals surface area contributed by atoms with Crippen LogP contribution in [0.1, 0.15) is 30.5 Å². The molecule has 3 aromatic carbocycles. The van der Waals surface area contributed by atoms with Gasteiger partial charge in [0.2, 0.25) is 0 Å². The molecule has 0 fully saturated rings. The molecule has 3 aromatic rings. The van der Waals surface area contributed by atoms with Gasteiger partial charge in [-0.1, -0.05) is 115 Å². The summed E-state index contributed by atoms with van der Waals surface area (Å²) >= 11 is 7.07. The van der Waals surface area contributed by atoms with E-state index >= 15 is 0 Å². The summed E-state index contributed by atoms with van der Waals surface area (Å²) in [6.45, 7) is 4.09. The SMILES string of the molecule is CCOP(=O)(OCC)C(=S)SC(c1ccccc1)(c1ccccc1)c1ccccc1. The Balaban J connectivity index is 2.24. The molecule has 156 valence electrons. The Morgan fingerprint density at radius 1 is 0.767 bits per heavy atom. The van der Waals surface area contributed by atoms with Gasteiger partial charge in [-0.3, -0.25) is 4.57 Å². The van der Waals surface area contributed by atoms with Crippen LogP contribution in [0.3, 0.4) is 0 Å². The average Bonchev–Trinajstić information content (AvgIpc) is 2.79. The number of hydrogen-bond donors (Lipinski definition) is 0. The van der Waals surface area contributed by atoms with E-state index in [2.05, 4.69) is 36.4 Å². The molecule has 0 heterocycles.